The van der Waals surface area contributed by atoms with Crippen LogP contribution in [0.4, 0.5) is 5.69 Å². The van der Waals surface area contributed by atoms with Crippen molar-refractivity contribution in [2.75, 3.05) is 38.7 Å². The Labute approximate surface area is 232 Å². The molecule has 1 atom stereocenters. The van der Waals surface area contributed by atoms with Crippen LogP contribution in [-0.2, 0) is 15.1 Å². The summed E-state index contributed by atoms with van der Waals surface area (Å²) >= 11 is 5.97. The second kappa shape index (κ2) is 12.1. The number of aliphatic imine (C=N–C) groups is 1. The molecule has 0 spiro atoms. The van der Waals surface area contributed by atoms with Gasteiger partial charge in [0.2, 0.25) is 5.96 Å². The SMILES string of the molecule is CCOC(=O)CN=C(NC(=O)c1ccc(Cl)cc1)N1CC(O)(c2ccccc2)C(c2ccc(N(C)C)cc2)=N1. The molecule has 9 nitrogen and oxygen atoms in total. The summed E-state index contributed by atoms with van der Waals surface area (Å²) in [4.78, 5) is 31.5. The third kappa shape index (κ3) is 6.45. The maximum Gasteiger partial charge on any atom is 0.327 e. The average Bonchev–Trinajstić information content (AvgIpc) is 3.30. The van der Waals surface area contributed by atoms with E-state index >= 15 is 0 Å². The minimum Gasteiger partial charge on any atom is -0.465 e. The maximum atomic E-state index is 13.1. The van der Waals surface area contributed by atoms with Gasteiger partial charge in [-0.05, 0) is 48.9 Å². The van der Waals surface area contributed by atoms with E-state index in [0.29, 0.717) is 27.4 Å². The van der Waals surface area contributed by atoms with Crippen LogP contribution in [0.15, 0.2) is 89.0 Å². The van der Waals surface area contributed by atoms with Crippen LogP contribution in [0.5, 0.6) is 0 Å². The molecule has 10 heteroatoms. The summed E-state index contributed by atoms with van der Waals surface area (Å²) in [5.74, 6) is -1.04. The Morgan fingerprint density at radius 2 is 1.74 bits per heavy atom. The van der Waals surface area contributed by atoms with E-state index in [1.807, 2.05) is 73.6 Å². The average molecular weight is 548 g/mol. The summed E-state index contributed by atoms with van der Waals surface area (Å²) in [6.07, 6.45) is 0. The summed E-state index contributed by atoms with van der Waals surface area (Å²) in [7, 11) is 3.89. The molecule has 2 N–H and O–H groups in total. The van der Waals surface area contributed by atoms with Crippen molar-refractivity contribution in [3.05, 3.63) is 101 Å². The molecule has 1 heterocycles. The van der Waals surface area contributed by atoms with Crippen LogP contribution < -0.4 is 10.2 Å². The maximum absolute atomic E-state index is 13.1. The monoisotopic (exact) mass is 547 g/mol. The molecule has 1 aliphatic heterocycles. The lowest BCUT2D eigenvalue weighted by atomic mass is 9.86. The number of carbonyl (C=O) groups is 2. The first kappa shape index (κ1) is 27.8. The molecule has 3 aromatic rings. The van der Waals surface area contributed by atoms with Crippen molar-refractivity contribution in [2.24, 2.45) is 10.1 Å². The number of benzene rings is 3. The summed E-state index contributed by atoms with van der Waals surface area (Å²) in [5, 5.41) is 21.4. The fraction of sp³-hybridized carbons (Fsp3) is 0.241. The van der Waals surface area contributed by atoms with Gasteiger partial charge in [0.1, 0.15) is 12.3 Å². The highest BCUT2D eigenvalue weighted by Gasteiger charge is 2.45. The number of nitrogens with zero attached hydrogens (tertiary/aromatic N) is 4. The zero-order chi connectivity index (χ0) is 28.0. The van der Waals surface area contributed by atoms with Gasteiger partial charge in [-0.3, -0.25) is 14.9 Å². The van der Waals surface area contributed by atoms with Crippen molar-refractivity contribution in [2.45, 2.75) is 12.5 Å². The Morgan fingerprint density at radius 3 is 2.36 bits per heavy atom. The quantitative estimate of drug-likeness (QED) is 0.266. The van der Waals surface area contributed by atoms with Gasteiger partial charge in [-0.2, -0.15) is 5.10 Å². The lowest BCUT2D eigenvalue weighted by Gasteiger charge is -2.26. The van der Waals surface area contributed by atoms with E-state index in [0.717, 1.165) is 5.69 Å². The van der Waals surface area contributed by atoms with Crippen LogP contribution in [0, 0.1) is 0 Å². The van der Waals surface area contributed by atoms with Crippen molar-refractivity contribution < 1.29 is 19.4 Å². The van der Waals surface area contributed by atoms with Crippen LogP contribution in [0.25, 0.3) is 0 Å². The van der Waals surface area contributed by atoms with Gasteiger partial charge in [0.05, 0.1) is 13.2 Å². The number of carbonyl (C=O) groups excluding carboxylic acids is 2. The van der Waals surface area contributed by atoms with Crippen molar-refractivity contribution in [1.82, 2.24) is 10.3 Å². The number of rotatable bonds is 7. The van der Waals surface area contributed by atoms with Crippen molar-refractivity contribution in [3.8, 4) is 0 Å². The van der Waals surface area contributed by atoms with Gasteiger partial charge >= 0.3 is 5.97 Å². The van der Waals surface area contributed by atoms with Crippen molar-refractivity contribution >= 4 is 40.8 Å². The molecule has 0 radical (unpaired) electrons. The summed E-state index contributed by atoms with van der Waals surface area (Å²) in [5.41, 5.74) is 1.49. The van der Waals surface area contributed by atoms with Gasteiger partial charge in [0.25, 0.3) is 5.91 Å². The van der Waals surface area contributed by atoms with E-state index in [-0.39, 0.29) is 25.7 Å². The molecule has 1 aliphatic rings. The first-order chi connectivity index (χ1) is 18.7. The normalized spacial score (nSPS) is 17.0. The molecule has 0 saturated carbocycles. The van der Waals surface area contributed by atoms with Gasteiger partial charge in [-0.1, -0.05) is 54.1 Å². The largest absolute Gasteiger partial charge is 0.465 e. The number of hydrogen-bond donors (Lipinski definition) is 2. The van der Waals surface area contributed by atoms with E-state index in [1.54, 1.807) is 31.2 Å². The van der Waals surface area contributed by atoms with Crippen LogP contribution in [0.3, 0.4) is 0 Å². The first-order valence-corrected chi connectivity index (χ1v) is 12.8. The summed E-state index contributed by atoms with van der Waals surface area (Å²) in [6.45, 7) is 1.50. The predicted molar refractivity (Wildman–Crippen MR) is 152 cm³/mol. The molecule has 0 bridgehead atoms. The van der Waals surface area contributed by atoms with Crippen LogP contribution in [0.2, 0.25) is 5.02 Å². The second-order valence-corrected chi connectivity index (χ2v) is 9.52. The van der Waals surface area contributed by atoms with Crippen LogP contribution >= 0.6 is 11.6 Å². The zero-order valence-corrected chi connectivity index (χ0v) is 22.7. The smallest absolute Gasteiger partial charge is 0.327 e. The van der Waals surface area contributed by atoms with Crippen molar-refractivity contribution in [3.63, 3.8) is 0 Å². The Balaban J connectivity index is 1.74. The second-order valence-electron chi connectivity index (χ2n) is 9.08. The number of β-amino-alcohol motifs (C(OH)–C–C–N with tert-alkyl or cyclic N) is 1. The third-order valence-corrected chi connectivity index (χ3v) is 6.39. The Morgan fingerprint density at radius 1 is 1.08 bits per heavy atom. The molecule has 202 valence electrons. The van der Waals surface area contributed by atoms with Gasteiger partial charge < -0.3 is 14.7 Å². The molecule has 1 amide bonds. The third-order valence-electron chi connectivity index (χ3n) is 6.14. The Kier molecular flexibility index (Phi) is 8.63. The molecule has 0 saturated heterocycles. The summed E-state index contributed by atoms with van der Waals surface area (Å²) in [6, 6.07) is 23.1. The predicted octanol–water partition coefficient (Wildman–Crippen LogP) is 3.66. The lowest BCUT2D eigenvalue weighted by molar-refractivity contribution is -0.141. The van der Waals surface area contributed by atoms with Gasteiger partial charge in [-0.25, -0.2) is 10.0 Å². The fourth-order valence-electron chi connectivity index (χ4n) is 4.12. The van der Waals surface area contributed by atoms with E-state index in [2.05, 4.69) is 10.3 Å². The van der Waals surface area contributed by atoms with E-state index in [1.165, 1.54) is 5.01 Å². The molecule has 1 unspecified atom stereocenters. The number of esters is 1. The molecule has 39 heavy (non-hydrogen) atoms. The molecule has 4 rings (SSSR count). The summed E-state index contributed by atoms with van der Waals surface area (Å²) < 4.78 is 5.01. The van der Waals surface area contributed by atoms with Gasteiger partial charge in [0.15, 0.2) is 5.60 Å². The highest BCUT2D eigenvalue weighted by atomic mass is 35.5. The molecule has 3 aromatic carbocycles. The van der Waals surface area contributed by atoms with E-state index in [9.17, 15) is 14.7 Å². The number of hydrazone groups is 1. The number of hydrogen-bond acceptors (Lipinski definition) is 7. The number of halogens is 1. The van der Waals surface area contributed by atoms with E-state index < -0.39 is 17.5 Å². The first-order valence-electron chi connectivity index (χ1n) is 12.4. The number of aliphatic hydroxyl groups is 1. The number of guanidine groups is 1. The fourth-order valence-corrected chi connectivity index (χ4v) is 4.24. The minimum atomic E-state index is -1.53. The highest BCUT2D eigenvalue weighted by molar-refractivity contribution is 6.30. The number of amides is 1. The molecule has 0 fully saturated rings. The zero-order valence-electron chi connectivity index (χ0n) is 22.0. The minimum absolute atomic E-state index is 0.00253. The van der Waals surface area contributed by atoms with Crippen LogP contribution in [0.1, 0.15) is 28.4 Å². The van der Waals surface area contributed by atoms with Gasteiger partial charge in [0, 0.05) is 35.9 Å². The van der Waals surface area contributed by atoms with Crippen molar-refractivity contribution in [1.29, 1.82) is 0 Å². The lowest BCUT2D eigenvalue weighted by Crippen LogP contribution is -2.45. The van der Waals surface area contributed by atoms with Gasteiger partial charge in [-0.15, -0.1) is 0 Å². The Hall–Kier alpha value is -4.21. The number of nitrogens with one attached hydrogen (secondary N) is 1. The molecule has 0 aromatic heterocycles. The molecule has 0 aliphatic carbocycles. The molecular weight excluding hydrogens is 518 g/mol. The Bertz CT molecular complexity index is 1380. The van der Waals surface area contributed by atoms with E-state index in [4.69, 9.17) is 21.4 Å². The van der Waals surface area contributed by atoms with Crippen LogP contribution in [-0.4, -0.2) is 67.5 Å². The highest BCUT2D eigenvalue weighted by Crippen LogP contribution is 2.33. The topological polar surface area (TPSA) is 107 Å². The number of anilines is 1. The number of ether oxygens (including phenoxy) is 1. The molecular formula is C29H30ClN5O4. The standard InChI is InChI=1S/C29H30ClN5O4/c1-4-39-25(36)18-31-28(32-27(37)21-10-14-23(30)15-11-21)35-19-29(38,22-8-6-5-7-9-22)26(33-35)20-12-16-24(17-13-20)34(2)3/h5-17,38H,4,18-19H2,1-3H3,(H,31,32,37).